The van der Waals surface area contributed by atoms with Crippen LogP contribution in [0.5, 0.6) is 0 Å². The molecular formula is C16H20N2O. The highest BCUT2D eigenvalue weighted by Gasteiger charge is 2.14. The van der Waals surface area contributed by atoms with Crippen molar-refractivity contribution in [1.29, 1.82) is 0 Å². The van der Waals surface area contributed by atoms with Crippen LogP contribution in [-0.4, -0.2) is 5.16 Å². The molecule has 3 rings (SSSR count). The molecule has 1 saturated carbocycles. The van der Waals surface area contributed by atoms with Crippen LogP contribution < -0.4 is 5.73 Å². The van der Waals surface area contributed by atoms with Gasteiger partial charge in [0.15, 0.2) is 11.6 Å². The van der Waals surface area contributed by atoms with Gasteiger partial charge in [-0.1, -0.05) is 55.1 Å². The minimum absolute atomic E-state index is 0.433. The Labute approximate surface area is 113 Å². The zero-order chi connectivity index (χ0) is 13.1. The molecule has 19 heavy (non-hydrogen) atoms. The summed E-state index contributed by atoms with van der Waals surface area (Å²) in [6, 6.07) is 10.4. The van der Waals surface area contributed by atoms with E-state index in [1.165, 1.54) is 44.1 Å². The summed E-state index contributed by atoms with van der Waals surface area (Å²) >= 11 is 0. The Hall–Kier alpha value is -1.77. The molecule has 0 unspecified atom stereocenters. The number of nitrogen functional groups attached to an aromatic ring is 1. The van der Waals surface area contributed by atoms with Crippen molar-refractivity contribution in [2.45, 2.75) is 44.4 Å². The normalized spacial score (nSPS) is 17.3. The van der Waals surface area contributed by atoms with Crippen LogP contribution in [0.2, 0.25) is 0 Å². The zero-order valence-corrected chi connectivity index (χ0v) is 11.1. The van der Waals surface area contributed by atoms with Gasteiger partial charge in [0.25, 0.3) is 0 Å². The van der Waals surface area contributed by atoms with Gasteiger partial charge in [0.1, 0.15) is 0 Å². The molecule has 0 aliphatic heterocycles. The van der Waals surface area contributed by atoms with Crippen molar-refractivity contribution < 1.29 is 4.52 Å². The highest BCUT2D eigenvalue weighted by atomic mass is 16.5. The highest BCUT2D eigenvalue weighted by Crippen LogP contribution is 2.32. The van der Waals surface area contributed by atoms with E-state index in [-0.39, 0.29) is 0 Å². The molecule has 0 spiro atoms. The lowest BCUT2D eigenvalue weighted by molar-refractivity contribution is 0.436. The summed E-state index contributed by atoms with van der Waals surface area (Å²) in [5, 5.41) is 3.72. The van der Waals surface area contributed by atoms with E-state index in [0.29, 0.717) is 5.82 Å². The van der Waals surface area contributed by atoms with Gasteiger partial charge in [-0.3, -0.25) is 0 Å². The predicted molar refractivity (Wildman–Crippen MR) is 76.8 cm³/mol. The first kappa shape index (κ1) is 12.3. The van der Waals surface area contributed by atoms with Gasteiger partial charge in [0.05, 0.1) is 0 Å². The molecule has 1 heterocycles. The second-order valence-electron chi connectivity index (χ2n) is 5.43. The fourth-order valence-electron chi connectivity index (χ4n) is 2.96. The molecule has 1 fully saturated rings. The van der Waals surface area contributed by atoms with Crippen molar-refractivity contribution in [3.63, 3.8) is 0 Å². The fourth-order valence-corrected chi connectivity index (χ4v) is 2.96. The molecule has 100 valence electrons. The Morgan fingerprint density at radius 3 is 2.26 bits per heavy atom. The van der Waals surface area contributed by atoms with Gasteiger partial charge in [0.2, 0.25) is 0 Å². The van der Waals surface area contributed by atoms with E-state index in [0.717, 1.165) is 17.2 Å². The average Bonchev–Trinajstić information content (AvgIpc) is 2.72. The largest absolute Gasteiger partial charge is 0.381 e. The third kappa shape index (κ3) is 2.80. The van der Waals surface area contributed by atoms with Crippen molar-refractivity contribution >= 4 is 5.82 Å². The number of aromatic nitrogens is 1. The van der Waals surface area contributed by atoms with Gasteiger partial charge in [-0.2, -0.15) is 0 Å². The van der Waals surface area contributed by atoms with Crippen molar-refractivity contribution in [3.8, 4) is 11.3 Å². The van der Waals surface area contributed by atoms with Gasteiger partial charge in [-0.15, -0.1) is 0 Å². The minimum atomic E-state index is 0.433. The number of benzene rings is 1. The van der Waals surface area contributed by atoms with Crippen molar-refractivity contribution in [2.75, 3.05) is 5.73 Å². The Morgan fingerprint density at radius 2 is 1.68 bits per heavy atom. The molecule has 1 aromatic carbocycles. The molecule has 0 atom stereocenters. The number of nitrogens with zero attached hydrogens (tertiary/aromatic N) is 1. The van der Waals surface area contributed by atoms with E-state index < -0.39 is 0 Å². The van der Waals surface area contributed by atoms with Crippen LogP contribution >= 0.6 is 0 Å². The number of rotatable bonds is 2. The molecule has 0 radical (unpaired) electrons. The first-order chi connectivity index (χ1) is 9.33. The summed E-state index contributed by atoms with van der Waals surface area (Å²) in [5.74, 6) is 1.91. The summed E-state index contributed by atoms with van der Waals surface area (Å²) in [7, 11) is 0. The number of nitrogens with two attached hydrogens (primary N) is 1. The minimum Gasteiger partial charge on any atom is -0.381 e. The van der Waals surface area contributed by atoms with Crippen LogP contribution in [0.4, 0.5) is 5.82 Å². The lowest BCUT2D eigenvalue weighted by atomic mass is 9.91. The summed E-state index contributed by atoms with van der Waals surface area (Å²) in [5.41, 5.74) is 8.07. The molecule has 1 aliphatic rings. The predicted octanol–water partition coefficient (Wildman–Crippen LogP) is 4.36. The van der Waals surface area contributed by atoms with Crippen molar-refractivity contribution in [1.82, 2.24) is 5.16 Å². The molecule has 2 aromatic rings. The maximum Gasteiger partial charge on any atom is 0.169 e. The van der Waals surface area contributed by atoms with Crippen molar-refractivity contribution in [2.24, 2.45) is 0 Å². The molecule has 1 aromatic heterocycles. The molecule has 0 bridgehead atoms. The van der Waals surface area contributed by atoms with Crippen LogP contribution in [0.25, 0.3) is 11.3 Å². The molecule has 0 saturated heterocycles. The number of hydrogen-bond donors (Lipinski definition) is 1. The van der Waals surface area contributed by atoms with Gasteiger partial charge in [0, 0.05) is 11.6 Å². The van der Waals surface area contributed by atoms with E-state index in [2.05, 4.69) is 29.4 Å². The molecule has 3 heteroatoms. The molecule has 3 nitrogen and oxygen atoms in total. The zero-order valence-electron chi connectivity index (χ0n) is 11.1. The van der Waals surface area contributed by atoms with E-state index in [4.69, 9.17) is 10.3 Å². The van der Waals surface area contributed by atoms with Crippen LogP contribution in [0, 0.1) is 0 Å². The molecule has 1 aliphatic carbocycles. The summed E-state index contributed by atoms with van der Waals surface area (Å²) in [6.45, 7) is 0. The van der Waals surface area contributed by atoms with Crippen molar-refractivity contribution in [3.05, 3.63) is 35.9 Å². The lowest BCUT2D eigenvalue weighted by Crippen LogP contribution is -1.96. The average molecular weight is 256 g/mol. The standard InChI is InChI=1S/C16H20N2O/c17-16-11-15(19-18-16)14-9-7-13(8-10-14)12-5-3-1-2-4-6-12/h7-12H,1-6H2,(H2,17,18). The summed E-state index contributed by atoms with van der Waals surface area (Å²) in [4.78, 5) is 0. The number of hydrogen-bond acceptors (Lipinski definition) is 3. The van der Waals surface area contributed by atoms with E-state index in [9.17, 15) is 0 Å². The van der Waals surface area contributed by atoms with E-state index in [1.807, 2.05) is 0 Å². The van der Waals surface area contributed by atoms with Gasteiger partial charge in [-0.05, 0) is 24.3 Å². The monoisotopic (exact) mass is 256 g/mol. The summed E-state index contributed by atoms with van der Waals surface area (Å²) in [6.07, 6.45) is 8.18. The lowest BCUT2D eigenvalue weighted by Gasteiger charge is -2.14. The number of anilines is 1. The van der Waals surface area contributed by atoms with E-state index in [1.54, 1.807) is 6.07 Å². The Bertz CT molecular complexity index is 522. The molecule has 0 amide bonds. The first-order valence-corrected chi connectivity index (χ1v) is 7.15. The Balaban J connectivity index is 1.78. The van der Waals surface area contributed by atoms with Gasteiger partial charge < -0.3 is 10.3 Å². The quantitative estimate of drug-likeness (QED) is 0.812. The van der Waals surface area contributed by atoms with Crippen LogP contribution in [0.3, 0.4) is 0 Å². The fraction of sp³-hybridized carbons (Fsp3) is 0.438. The van der Waals surface area contributed by atoms with Crippen LogP contribution in [-0.2, 0) is 0 Å². The maximum atomic E-state index is 5.58. The van der Waals surface area contributed by atoms with Crippen LogP contribution in [0.15, 0.2) is 34.9 Å². The molecule has 2 N–H and O–H groups in total. The second-order valence-corrected chi connectivity index (χ2v) is 5.43. The third-order valence-electron chi connectivity index (χ3n) is 4.05. The van der Waals surface area contributed by atoms with E-state index >= 15 is 0 Å². The topological polar surface area (TPSA) is 52.0 Å². The smallest absolute Gasteiger partial charge is 0.169 e. The highest BCUT2D eigenvalue weighted by molar-refractivity contribution is 5.60. The first-order valence-electron chi connectivity index (χ1n) is 7.15. The maximum absolute atomic E-state index is 5.58. The molecular weight excluding hydrogens is 236 g/mol. The third-order valence-corrected chi connectivity index (χ3v) is 4.05. The second kappa shape index (κ2) is 5.47. The van der Waals surface area contributed by atoms with Crippen LogP contribution in [0.1, 0.15) is 50.0 Å². The Morgan fingerprint density at radius 1 is 1.00 bits per heavy atom. The Kier molecular flexibility index (Phi) is 3.53. The van der Waals surface area contributed by atoms with Gasteiger partial charge >= 0.3 is 0 Å². The summed E-state index contributed by atoms with van der Waals surface area (Å²) < 4.78 is 5.18. The van der Waals surface area contributed by atoms with Gasteiger partial charge in [-0.25, -0.2) is 0 Å². The SMILES string of the molecule is Nc1cc(-c2ccc(C3CCCCCC3)cc2)on1.